The topological polar surface area (TPSA) is 79.7 Å². The summed E-state index contributed by atoms with van der Waals surface area (Å²) in [6.07, 6.45) is 4.31. The maximum atomic E-state index is 6.02. The Labute approximate surface area is 166 Å². The summed E-state index contributed by atoms with van der Waals surface area (Å²) in [5.41, 5.74) is 9.47. The molecule has 3 aromatic rings. The summed E-state index contributed by atoms with van der Waals surface area (Å²) in [5, 5.41) is 3.16. The van der Waals surface area contributed by atoms with Crippen LogP contribution in [0.3, 0.4) is 0 Å². The van der Waals surface area contributed by atoms with Crippen LogP contribution in [-0.4, -0.2) is 29.4 Å². The zero-order valence-corrected chi connectivity index (χ0v) is 16.2. The Hall–Kier alpha value is -3.12. The number of hydrogen-bond acceptors (Lipinski definition) is 4. The Morgan fingerprint density at radius 3 is 2.64 bits per heavy atom. The molecule has 0 atom stereocenters. The molecule has 2 heterocycles. The van der Waals surface area contributed by atoms with Gasteiger partial charge in [0.25, 0.3) is 0 Å². The van der Waals surface area contributed by atoms with Gasteiger partial charge in [-0.3, -0.25) is 9.88 Å². The molecule has 0 fully saturated rings. The lowest BCUT2D eigenvalue weighted by Crippen LogP contribution is -2.33. The molecule has 6 nitrogen and oxygen atoms in total. The summed E-state index contributed by atoms with van der Waals surface area (Å²) in [7, 11) is 2.08. The van der Waals surface area contributed by atoms with E-state index in [1.54, 1.807) is 12.5 Å². The molecule has 0 bridgehead atoms. The molecule has 0 saturated heterocycles. The highest BCUT2D eigenvalue weighted by Crippen LogP contribution is 2.14. The van der Waals surface area contributed by atoms with Gasteiger partial charge < -0.3 is 15.5 Å². The van der Waals surface area contributed by atoms with Gasteiger partial charge in [-0.05, 0) is 42.4 Å². The Morgan fingerprint density at radius 1 is 1.07 bits per heavy atom. The van der Waals surface area contributed by atoms with Crippen LogP contribution in [0.1, 0.15) is 22.6 Å². The van der Waals surface area contributed by atoms with Crippen molar-refractivity contribution in [3.63, 3.8) is 0 Å². The summed E-state index contributed by atoms with van der Waals surface area (Å²) in [6, 6.07) is 18.1. The molecule has 0 aliphatic carbocycles. The predicted octanol–water partition coefficient (Wildman–Crippen LogP) is 2.95. The fourth-order valence-corrected chi connectivity index (χ4v) is 2.97. The van der Waals surface area contributed by atoms with E-state index in [0.717, 1.165) is 31.0 Å². The number of furan rings is 1. The Bertz CT molecular complexity index is 862. The number of nitrogens with two attached hydrogens (primary N) is 1. The van der Waals surface area contributed by atoms with E-state index in [2.05, 4.69) is 45.4 Å². The SMILES string of the molecule is CN(Cc1ccco1)Cc1ccccc1CN=C(N)NCCc1ccccn1. The zero-order chi connectivity index (χ0) is 19.6. The van der Waals surface area contributed by atoms with Gasteiger partial charge in [0.15, 0.2) is 5.96 Å². The van der Waals surface area contributed by atoms with Gasteiger partial charge in [-0.15, -0.1) is 0 Å². The monoisotopic (exact) mass is 377 g/mol. The van der Waals surface area contributed by atoms with Crippen molar-refractivity contribution in [2.75, 3.05) is 13.6 Å². The van der Waals surface area contributed by atoms with Gasteiger partial charge in [-0.2, -0.15) is 0 Å². The lowest BCUT2D eigenvalue weighted by atomic mass is 10.1. The molecular weight excluding hydrogens is 350 g/mol. The van der Waals surface area contributed by atoms with Crippen molar-refractivity contribution in [3.8, 4) is 0 Å². The molecule has 2 aromatic heterocycles. The first-order valence-corrected chi connectivity index (χ1v) is 9.42. The van der Waals surface area contributed by atoms with Gasteiger partial charge in [0, 0.05) is 31.4 Å². The quantitative estimate of drug-likeness (QED) is 0.443. The molecule has 0 aliphatic rings. The molecule has 0 radical (unpaired) electrons. The lowest BCUT2D eigenvalue weighted by molar-refractivity contribution is 0.287. The first-order chi connectivity index (χ1) is 13.7. The van der Waals surface area contributed by atoms with E-state index < -0.39 is 0 Å². The minimum Gasteiger partial charge on any atom is -0.468 e. The molecule has 0 amide bonds. The smallest absolute Gasteiger partial charge is 0.188 e. The van der Waals surface area contributed by atoms with Gasteiger partial charge >= 0.3 is 0 Å². The first kappa shape index (κ1) is 19.6. The average Bonchev–Trinajstić information content (AvgIpc) is 3.21. The van der Waals surface area contributed by atoms with E-state index in [-0.39, 0.29) is 0 Å². The minimum absolute atomic E-state index is 0.453. The zero-order valence-electron chi connectivity index (χ0n) is 16.2. The molecule has 0 unspecified atom stereocenters. The maximum absolute atomic E-state index is 6.02. The van der Waals surface area contributed by atoms with Crippen molar-refractivity contribution in [2.45, 2.75) is 26.1 Å². The molecule has 3 N–H and O–H groups in total. The molecule has 6 heteroatoms. The Morgan fingerprint density at radius 2 is 1.89 bits per heavy atom. The van der Waals surface area contributed by atoms with E-state index >= 15 is 0 Å². The highest BCUT2D eigenvalue weighted by molar-refractivity contribution is 5.77. The molecule has 0 spiro atoms. The predicted molar refractivity (Wildman–Crippen MR) is 112 cm³/mol. The van der Waals surface area contributed by atoms with Crippen molar-refractivity contribution in [1.29, 1.82) is 0 Å². The van der Waals surface area contributed by atoms with Crippen LogP contribution >= 0.6 is 0 Å². The third kappa shape index (κ3) is 6.25. The van der Waals surface area contributed by atoms with Gasteiger partial charge in [-0.25, -0.2) is 4.99 Å². The number of nitrogens with zero attached hydrogens (tertiary/aromatic N) is 3. The standard InChI is InChI=1S/C22H27N5O/c1-27(17-21-10-6-14-28-21)16-19-8-3-2-7-18(19)15-26-22(23)25-13-11-20-9-4-5-12-24-20/h2-10,12,14H,11,13,15-17H2,1H3,(H3,23,25,26). The van der Waals surface area contributed by atoms with Crippen molar-refractivity contribution in [3.05, 3.63) is 89.6 Å². The summed E-state index contributed by atoms with van der Waals surface area (Å²) in [4.78, 5) is 11.0. The average molecular weight is 377 g/mol. The third-order valence-electron chi connectivity index (χ3n) is 4.40. The molecule has 28 heavy (non-hydrogen) atoms. The largest absolute Gasteiger partial charge is 0.468 e. The molecular formula is C22H27N5O. The van der Waals surface area contributed by atoms with Crippen molar-refractivity contribution in [1.82, 2.24) is 15.2 Å². The summed E-state index contributed by atoms with van der Waals surface area (Å²) < 4.78 is 5.43. The van der Waals surface area contributed by atoms with Crippen LogP contribution in [-0.2, 0) is 26.1 Å². The maximum Gasteiger partial charge on any atom is 0.188 e. The van der Waals surface area contributed by atoms with Gasteiger partial charge in [0.1, 0.15) is 5.76 Å². The molecule has 3 rings (SSSR count). The van der Waals surface area contributed by atoms with E-state index in [1.165, 1.54) is 11.1 Å². The fourth-order valence-electron chi connectivity index (χ4n) is 2.97. The van der Waals surface area contributed by atoms with Crippen molar-refractivity contribution < 1.29 is 4.42 Å². The summed E-state index contributed by atoms with van der Waals surface area (Å²) in [5.74, 6) is 1.41. The highest BCUT2D eigenvalue weighted by Gasteiger charge is 2.07. The molecule has 0 saturated carbocycles. The van der Waals surface area contributed by atoms with Gasteiger partial charge in [-0.1, -0.05) is 30.3 Å². The van der Waals surface area contributed by atoms with Crippen LogP contribution in [0.25, 0.3) is 0 Å². The number of aliphatic imine (C=N–C) groups is 1. The van der Waals surface area contributed by atoms with E-state index in [9.17, 15) is 0 Å². The minimum atomic E-state index is 0.453. The fraction of sp³-hybridized carbons (Fsp3) is 0.273. The first-order valence-electron chi connectivity index (χ1n) is 9.42. The number of hydrogen-bond donors (Lipinski definition) is 2. The van der Waals surface area contributed by atoms with Crippen LogP contribution in [0.5, 0.6) is 0 Å². The second-order valence-electron chi connectivity index (χ2n) is 6.72. The number of rotatable bonds is 9. The number of aromatic nitrogens is 1. The molecule has 1 aromatic carbocycles. The van der Waals surface area contributed by atoms with Gasteiger partial charge in [0.2, 0.25) is 0 Å². The Balaban J connectivity index is 1.51. The lowest BCUT2D eigenvalue weighted by Gasteiger charge is -2.17. The highest BCUT2D eigenvalue weighted by atomic mass is 16.3. The van der Waals surface area contributed by atoms with E-state index in [0.29, 0.717) is 19.0 Å². The van der Waals surface area contributed by atoms with Crippen LogP contribution in [0.2, 0.25) is 0 Å². The molecule has 0 aliphatic heterocycles. The third-order valence-corrected chi connectivity index (χ3v) is 4.40. The number of nitrogens with one attached hydrogen (secondary N) is 1. The van der Waals surface area contributed by atoms with Crippen LogP contribution in [0.15, 0.2) is 76.5 Å². The number of benzene rings is 1. The second-order valence-corrected chi connectivity index (χ2v) is 6.72. The van der Waals surface area contributed by atoms with Gasteiger partial charge in [0.05, 0.1) is 19.4 Å². The number of guanidine groups is 1. The van der Waals surface area contributed by atoms with Crippen LogP contribution < -0.4 is 11.1 Å². The van der Waals surface area contributed by atoms with Crippen molar-refractivity contribution in [2.24, 2.45) is 10.7 Å². The van der Waals surface area contributed by atoms with Crippen LogP contribution in [0, 0.1) is 0 Å². The van der Waals surface area contributed by atoms with E-state index in [4.69, 9.17) is 10.2 Å². The Kier molecular flexibility index (Phi) is 7.21. The normalized spacial score (nSPS) is 11.7. The summed E-state index contributed by atoms with van der Waals surface area (Å²) >= 11 is 0. The summed E-state index contributed by atoms with van der Waals surface area (Å²) in [6.45, 7) is 2.84. The van der Waals surface area contributed by atoms with Crippen molar-refractivity contribution >= 4 is 5.96 Å². The second kappa shape index (κ2) is 10.3. The van der Waals surface area contributed by atoms with Crippen LogP contribution in [0.4, 0.5) is 0 Å². The van der Waals surface area contributed by atoms with E-state index in [1.807, 2.05) is 36.4 Å². The molecule has 146 valence electrons. The number of pyridine rings is 1.